The minimum absolute atomic E-state index is 0.125. The monoisotopic (exact) mass is 333 g/mol. The van der Waals surface area contributed by atoms with Crippen molar-refractivity contribution >= 4 is 6.21 Å². The van der Waals surface area contributed by atoms with E-state index < -0.39 is 5.54 Å². The molecule has 1 aromatic carbocycles. The number of aryl methyl sites for hydroxylation is 1. The second-order valence-corrected chi connectivity index (χ2v) is 9.76. The summed E-state index contributed by atoms with van der Waals surface area (Å²) in [6, 6.07) is 4.18. The van der Waals surface area contributed by atoms with Crippen LogP contribution in [-0.2, 0) is 17.3 Å². The number of phenols is 1. The van der Waals surface area contributed by atoms with Gasteiger partial charge in [-0.2, -0.15) is 0 Å². The normalized spacial score (nSPS) is 14.1. The summed E-state index contributed by atoms with van der Waals surface area (Å²) in [5.41, 5.74) is 2.46. The zero-order valence-electron chi connectivity index (χ0n) is 16.9. The molecule has 136 valence electrons. The lowest BCUT2D eigenvalue weighted by atomic mass is 9.78. The first-order valence-corrected chi connectivity index (χ1v) is 8.80. The number of hydrogen-bond acceptors (Lipinski definition) is 2. The first-order valence-electron chi connectivity index (χ1n) is 8.80. The van der Waals surface area contributed by atoms with Crippen LogP contribution in [-0.4, -0.2) is 21.6 Å². The Morgan fingerprint density at radius 2 is 1.33 bits per heavy atom. The van der Waals surface area contributed by atoms with Gasteiger partial charge >= 0.3 is 0 Å². The van der Waals surface area contributed by atoms with Crippen LogP contribution in [0.15, 0.2) is 12.1 Å². The number of aromatic hydroxyl groups is 1. The first kappa shape index (κ1) is 20.5. The molecule has 0 aliphatic heterocycles. The van der Waals surface area contributed by atoms with E-state index in [-0.39, 0.29) is 10.8 Å². The summed E-state index contributed by atoms with van der Waals surface area (Å²) >= 11 is 0. The maximum Gasteiger partial charge on any atom is 0.164 e. The lowest BCUT2D eigenvalue weighted by Crippen LogP contribution is -2.29. The second kappa shape index (κ2) is 6.78. The average Bonchev–Trinajstić information content (AvgIpc) is 2.36. The van der Waals surface area contributed by atoms with E-state index in [1.54, 1.807) is 6.21 Å². The van der Waals surface area contributed by atoms with Gasteiger partial charge in [0.05, 0.1) is 0 Å². The Bertz CT molecular complexity index is 573. The van der Waals surface area contributed by atoms with Gasteiger partial charge in [-0.25, -0.2) is 4.74 Å². The highest BCUT2D eigenvalue weighted by molar-refractivity contribution is 5.54. The van der Waals surface area contributed by atoms with Crippen molar-refractivity contribution in [2.75, 3.05) is 0 Å². The lowest BCUT2D eigenvalue weighted by Gasteiger charge is -2.28. The molecular formula is C21H35NO2. The molecule has 24 heavy (non-hydrogen) atoms. The number of rotatable bonds is 3. The Morgan fingerprint density at radius 1 is 0.917 bits per heavy atom. The summed E-state index contributed by atoms with van der Waals surface area (Å²) in [7, 11) is 0. The number of hydroxylamine groups is 1. The smallest absolute Gasteiger partial charge is 0.164 e. The Kier molecular flexibility index (Phi) is 5.80. The van der Waals surface area contributed by atoms with Crippen LogP contribution in [0.4, 0.5) is 0 Å². The highest BCUT2D eigenvalue weighted by Gasteiger charge is 2.26. The molecule has 3 heteroatoms. The van der Waals surface area contributed by atoms with Gasteiger partial charge in [0, 0.05) is 27.2 Å². The molecule has 0 fully saturated rings. The fourth-order valence-electron chi connectivity index (χ4n) is 2.60. The van der Waals surface area contributed by atoms with Crippen molar-refractivity contribution in [3.63, 3.8) is 0 Å². The van der Waals surface area contributed by atoms with E-state index in [0.717, 1.165) is 22.3 Å². The SMILES string of the molecule is CC(C)(C)c1cc(CC/C=[N+](/[O-])C(C)(C)C)cc(C(C)(C)C)c1O. The molecule has 0 saturated carbocycles. The minimum atomic E-state index is -0.401. The van der Waals surface area contributed by atoms with Crippen LogP contribution in [0.2, 0.25) is 0 Å². The van der Waals surface area contributed by atoms with Gasteiger partial charge < -0.3 is 10.3 Å². The van der Waals surface area contributed by atoms with Crippen molar-refractivity contribution in [1.29, 1.82) is 0 Å². The molecule has 0 heterocycles. The van der Waals surface area contributed by atoms with Crippen LogP contribution in [0.1, 0.15) is 85.4 Å². The van der Waals surface area contributed by atoms with E-state index in [4.69, 9.17) is 0 Å². The topological polar surface area (TPSA) is 46.3 Å². The van der Waals surface area contributed by atoms with Gasteiger partial charge in [-0.05, 0) is 33.9 Å². The summed E-state index contributed by atoms with van der Waals surface area (Å²) in [4.78, 5) is 0. The third kappa shape index (κ3) is 5.25. The molecule has 0 saturated heterocycles. The molecule has 0 aliphatic rings. The second-order valence-electron chi connectivity index (χ2n) is 9.76. The summed E-state index contributed by atoms with van der Waals surface area (Å²) in [5, 5.41) is 22.7. The molecule has 0 radical (unpaired) electrons. The van der Waals surface area contributed by atoms with E-state index in [1.807, 2.05) is 20.8 Å². The summed E-state index contributed by atoms with van der Waals surface area (Å²) < 4.78 is 1.03. The first-order chi connectivity index (χ1) is 10.6. The zero-order chi connectivity index (χ0) is 18.9. The molecule has 0 aromatic heterocycles. The van der Waals surface area contributed by atoms with Gasteiger partial charge in [0.25, 0.3) is 0 Å². The maximum atomic E-state index is 12.0. The van der Waals surface area contributed by atoms with Crippen molar-refractivity contribution in [3.8, 4) is 5.75 Å². The van der Waals surface area contributed by atoms with Crippen LogP contribution < -0.4 is 0 Å². The van der Waals surface area contributed by atoms with Crippen LogP contribution in [0, 0.1) is 5.21 Å². The largest absolute Gasteiger partial charge is 0.624 e. The molecule has 3 nitrogen and oxygen atoms in total. The van der Waals surface area contributed by atoms with E-state index in [1.165, 1.54) is 5.56 Å². The Morgan fingerprint density at radius 3 is 1.67 bits per heavy atom. The predicted molar refractivity (Wildman–Crippen MR) is 103 cm³/mol. The van der Waals surface area contributed by atoms with E-state index in [9.17, 15) is 10.3 Å². The van der Waals surface area contributed by atoms with Gasteiger partial charge in [0.15, 0.2) is 11.8 Å². The number of phenolic OH excluding ortho intramolecular Hbond substituents is 1. The van der Waals surface area contributed by atoms with Gasteiger partial charge in [-0.1, -0.05) is 53.7 Å². The number of nitrogens with zero attached hydrogens (tertiary/aromatic N) is 1. The Balaban J connectivity index is 3.21. The quantitative estimate of drug-likeness (QED) is 0.353. The lowest BCUT2D eigenvalue weighted by molar-refractivity contribution is -0.532. The van der Waals surface area contributed by atoms with Crippen molar-refractivity contribution < 1.29 is 9.85 Å². The molecule has 1 aromatic rings. The number of benzene rings is 1. The third-order valence-corrected chi connectivity index (χ3v) is 4.17. The molecule has 0 aliphatic carbocycles. The molecule has 0 unspecified atom stereocenters. The minimum Gasteiger partial charge on any atom is -0.624 e. The predicted octanol–water partition coefficient (Wildman–Crippen LogP) is 5.30. The van der Waals surface area contributed by atoms with E-state index >= 15 is 0 Å². The molecule has 0 spiro atoms. The third-order valence-electron chi connectivity index (χ3n) is 4.17. The summed E-state index contributed by atoms with van der Waals surface area (Å²) in [5.74, 6) is 0.405. The summed E-state index contributed by atoms with van der Waals surface area (Å²) in [6.45, 7) is 18.4. The van der Waals surface area contributed by atoms with Crippen LogP contribution >= 0.6 is 0 Å². The van der Waals surface area contributed by atoms with Gasteiger partial charge in [-0.3, -0.25) is 0 Å². The molecule has 0 atom stereocenters. The molecular weight excluding hydrogens is 298 g/mol. The van der Waals surface area contributed by atoms with Crippen molar-refractivity contribution in [2.45, 2.75) is 91.5 Å². The highest BCUT2D eigenvalue weighted by Crippen LogP contribution is 2.39. The van der Waals surface area contributed by atoms with Crippen LogP contribution in [0.3, 0.4) is 0 Å². The fourth-order valence-corrected chi connectivity index (χ4v) is 2.60. The Hall–Kier alpha value is -1.51. The standard InChI is InChI=1S/C21H35NO2/c1-19(2,3)16-13-15(11-10-12-22(24)21(7,8)9)14-17(18(16)23)20(4,5)6/h12-14,23H,10-11H2,1-9H3/b22-12+. The van der Waals surface area contributed by atoms with Crippen molar-refractivity contribution in [2.24, 2.45) is 0 Å². The van der Waals surface area contributed by atoms with Crippen LogP contribution in [0.5, 0.6) is 5.75 Å². The molecule has 0 bridgehead atoms. The summed E-state index contributed by atoms with van der Waals surface area (Å²) in [6.07, 6.45) is 3.21. The van der Waals surface area contributed by atoms with Crippen molar-refractivity contribution in [3.05, 3.63) is 34.0 Å². The van der Waals surface area contributed by atoms with E-state index in [0.29, 0.717) is 12.2 Å². The van der Waals surface area contributed by atoms with Gasteiger partial charge in [0.1, 0.15) is 5.75 Å². The van der Waals surface area contributed by atoms with Crippen LogP contribution in [0.25, 0.3) is 0 Å². The number of hydrogen-bond donors (Lipinski definition) is 1. The zero-order valence-corrected chi connectivity index (χ0v) is 16.9. The molecule has 1 N–H and O–H groups in total. The van der Waals surface area contributed by atoms with Crippen molar-refractivity contribution in [1.82, 2.24) is 0 Å². The van der Waals surface area contributed by atoms with E-state index in [2.05, 4.69) is 53.7 Å². The van der Waals surface area contributed by atoms with Gasteiger partial charge in [0.2, 0.25) is 0 Å². The molecule has 0 amide bonds. The van der Waals surface area contributed by atoms with Gasteiger partial charge in [-0.15, -0.1) is 0 Å². The maximum absolute atomic E-state index is 12.0. The molecule has 1 rings (SSSR count). The highest BCUT2D eigenvalue weighted by atomic mass is 16.5. The average molecular weight is 334 g/mol. The fraction of sp³-hybridized carbons (Fsp3) is 0.667. The Labute approximate surface area is 148 Å².